The van der Waals surface area contributed by atoms with E-state index in [4.69, 9.17) is 23.2 Å². The lowest BCUT2D eigenvalue weighted by Gasteiger charge is -2.23. The van der Waals surface area contributed by atoms with Crippen LogP contribution in [0.3, 0.4) is 0 Å². The lowest BCUT2D eigenvalue weighted by atomic mass is 10.1. The van der Waals surface area contributed by atoms with Gasteiger partial charge in [0.1, 0.15) is 5.15 Å². The van der Waals surface area contributed by atoms with Crippen LogP contribution in [0, 0.1) is 6.92 Å². The van der Waals surface area contributed by atoms with Gasteiger partial charge in [0.2, 0.25) is 0 Å². The molecule has 29 heavy (non-hydrogen) atoms. The molecule has 0 spiro atoms. The molecule has 1 fully saturated rings. The number of benzene rings is 1. The minimum absolute atomic E-state index is 0.209. The van der Waals surface area contributed by atoms with Crippen molar-refractivity contribution in [2.24, 2.45) is 0 Å². The maximum atomic E-state index is 12.4. The van der Waals surface area contributed by atoms with Gasteiger partial charge in [0.25, 0.3) is 5.91 Å². The van der Waals surface area contributed by atoms with Crippen LogP contribution in [0.15, 0.2) is 41.8 Å². The van der Waals surface area contributed by atoms with Crippen LogP contribution in [0.25, 0.3) is 0 Å². The lowest BCUT2D eigenvalue weighted by molar-refractivity contribution is 0.102. The van der Waals surface area contributed by atoms with Crippen molar-refractivity contribution in [2.75, 3.05) is 11.9 Å². The molecule has 150 valence electrons. The summed E-state index contributed by atoms with van der Waals surface area (Å²) >= 11 is 13.7. The molecule has 1 saturated heterocycles. The molecule has 0 saturated carbocycles. The van der Waals surface area contributed by atoms with Crippen molar-refractivity contribution in [3.63, 3.8) is 0 Å². The lowest BCUT2D eigenvalue weighted by Crippen LogP contribution is -2.23. The highest BCUT2D eigenvalue weighted by molar-refractivity contribution is 7.14. The normalized spacial score (nSPS) is 16.9. The summed E-state index contributed by atoms with van der Waals surface area (Å²) in [4.78, 5) is 23.8. The van der Waals surface area contributed by atoms with E-state index in [2.05, 4.69) is 20.2 Å². The van der Waals surface area contributed by atoms with Gasteiger partial charge in [0.15, 0.2) is 5.13 Å². The molecule has 0 aliphatic carbocycles. The van der Waals surface area contributed by atoms with E-state index < -0.39 is 0 Å². The molecule has 3 heterocycles. The van der Waals surface area contributed by atoms with E-state index >= 15 is 0 Å². The van der Waals surface area contributed by atoms with Crippen LogP contribution in [0.5, 0.6) is 0 Å². The molecule has 1 atom stereocenters. The highest BCUT2D eigenvalue weighted by Crippen LogP contribution is 2.35. The van der Waals surface area contributed by atoms with Crippen LogP contribution in [0.4, 0.5) is 5.13 Å². The minimum atomic E-state index is -0.214. The van der Waals surface area contributed by atoms with Gasteiger partial charge in [-0.3, -0.25) is 15.0 Å². The Labute approximate surface area is 183 Å². The first-order chi connectivity index (χ1) is 14.0. The van der Waals surface area contributed by atoms with Gasteiger partial charge < -0.3 is 0 Å². The van der Waals surface area contributed by atoms with E-state index in [1.807, 2.05) is 24.4 Å². The average Bonchev–Trinajstić information content (AvgIpc) is 3.33. The number of nitrogens with one attached hydrogen (secondary N) is 1. The highest BCUT2D eigenvalue weighted by atomic mass is 35.5. The Bertz CT molecular complexity index is 1040. The zero-order valence-electron chi connectivity index (χ0n) is 15.9. The summed E-state index contributed by atoms with van der Waals surface area (Å²) in [5.41, 5.74) is 3.42. The Morgan fingerprint density at radius 3 is 2.93 bits per heavy atom. The van der Waals surface area contributed by atoms with Crippen molar-refractivity contribution in [1.82, 2.24) is 14.9 Å². The maximum Gasteiger partial charge on any atom is 0.257 e. The Balaban J connectivity index is 1.46. The molecule has 1 aliphatic rings. The summed E-state index contributed by atoms with van der Waals surface area (Å²) in [6.45, 7) is 3.65. The number of nitrogens with zero attached hydrogens (tertiary/aromatic N) is 3. The quantitative estimate of drug-likeness (QED) is 0.507. The summed E-state index contributed by atoms with van der Waals surface area (Å²) in [6, 6.07) is 11.1. The smallest absolute Gasteiger partial charge is 0.257 e. The molecule has 3 aromatic rings. The number of hydrogen-bond donors (Lipinski definition) is 1. The summed E-state index contributed by atoms with van der Waals surface area (Å²) in [7, 11) is 0. The van der Waals surface area contributed by atoms with Gasteiger partial charge in [-0.05, 0) is 50.6 Å². The summed E-state index contributed by atoms with van der Waals surface area (Å²) < 4.78 is 0. The molecular formula is C21H20Cl2N4OS. The first-order valence-corrected chi connectivity index (χ1v) is 11.0. The number of pyridine rings is 1. The number of anilines is 1. The molecular weight excluding hydrogens is 427 g/mol. The monoisotopic (exact) mass is 446 g/mol. The van der Waals surface area contributed by atoms with Crippen LogP contribution in [0.2, 0.25) is 10.2 Å². The Morgan fingerprint density at radius 2 is 2.14 bits per heavy atom. The summed E-state index contributed by atoms with van der Waals surface area (Å²) in [5.74, 6) is -0.214. The summed E-state index contributed by atoms with van der Waals surface area (Å²) in [6.07, 6.45) is 2.13. The Kier molecular flexibility index (Phi) is 6.15. The topological polar surface area (TPSA) is 58.1 Å². The van der Waals surface area contributed by atoms with Crippen molar-refractivity contribution in [3.05, 3.63) is 74.5 Å². The second-order valence-corrected chi connectivity index (χ2v) is 8.73. The van der Waals surface area contributed by atoms with E-state index in [0.29, 0.717) is 20.9 Å². The molecule has 1 aromatic carbocycles. The minimum Gasteiger partial charge on any atom is -0.298 e. The maximum absolute atomic E-state index is 12.4. The first-order valence-electron chi connectivity index (χ1n) is 9.38. The van der Waals surface area contributed by atoms with Gasteiger partial charge >= 0.3 is 0 Å². The van der Waals surface area contributed by atoms with Crippen LogP contribution >= 0.6 is 34.5 Å². The van der Waals surface area contributed by atoms with E-state index in [1.165, 1.54) is 11.3 Å². The van der Waals surface area contributed by atoms with Crippen molar-refractivity contribution < 1.29 is 4.79 Å². The van der Waals surface area contributed by atoms with Crippen molar-refractivity contribution in [2.45, 2.75) is 32.4 Å². The number of thiazole rings is 1. The SMILES string of the molecule is Cc1ccc(CN2CCC[C@H]2c2csc(NC(=O)c3cccc(Cl)c3)n2)c(Cl)n1. The number of halogens is 2. The van der Waals surface area contributed by atoms with E-state index in [1.54, 1.807) is 24.3 Å². The van der Waals surface area contributed by atoms with Gasteiger partial charge in [-0.15, -0.1) is 11.3 Å². The number of aromatic nitrogens is 2. The van der Waals surface area contributed by atoms with Crippen LogP contribution in [0.1, 0.15) is 46.2 Å². The Hall–Kier alpha value is -1.99. The van der Waals surface area contributed by atoms with Gasteiger partial charge in [-0.2, -0.15) is 0 Å². The zero-order valence-corrected chi connectivity index (χ0v) is 18.2. The van der Waals surface area contributed by atoms with Gasteiger partial charge in [-0.1, -0.05) is 35.3 Å². The third-order valence-corrected chi connectivity index (χ3v) is 6.31. The number of rotatable bonds is 5. The van der Waals surface area contributed by atoms with Crippen molar-refractivity contribution >= 4 is 45.6 Å². The van der Waals surface area contributed by atoms with Gasteiger partial charge in [0, 0.05) is 33.8 Å². The number of hydrogen-bond acceptors (Lipinski definition) is 5. The largest absolute Gasteiger partial charge is 0.298 e. The number of carbonyl (C=O) groups excluding carboxylic acids is 1. The number of amides is 1. The standard InChI is InChI=1S/C21H20Cl2N4OS/c1-13-7-8-15(19(23)24-13)11-27-9-3-6-18(27)17-12-29-21(25-17)26-20(28)14-4-2-5-16(22)10-14/h2,4-5,7-8,10,12,18H,3,6,9,11H2,1H3,(H,25,26,28)/t18-/m0/s1. The number of carbonyl (C=O) groups is 1. The molecule has 0 radical (unpaired) electrons. The van der Waals surface area contributed by atoms with Crippen molar-refractivity contribution in [3.8, 4) is 0 Å². The second-order valence-electron chi connectivity index (χ2n) is 7.07. The fraction of sp³-hybridized carbons (Fsp3) is 0.286. The fourth-order valence-corrected chi connectivity index (χ4v) is 4.73. The first kappa shape index (κ1) is 20.3. The third kappa shape index (κ3) is 4.78. The number of likely N-dealkylation sites (tertiary alicyclic amines) is 1. The predicted octanol–water partition coefficient (Wildman–Crippen LogP) is 5.74. The molecule has 8 heteroatoms. The van der Waals surface area contributed by atoms with E-state index in [9.17, 15) is 4.79 Å². The van der Waals surface area contributed by atoms with Gasteiger partial charge in [0.05, 0.1) is 11.7 Å². The van der Waals surface area contributed by atoms with E-state index in [0.717, 1.165) is 42.9 Å². The van der Waals surface area contributed by atoms with Crippen LogP contribution in [-0.4, -0.2) is 27.3 Å². The molecule has 0 bridgehead atoms. The summed E-state index contributed by atoms with van der Waals surface area (Å²) in [5, 5.41) is 6.57. The van der Waals surface area contributed by atoms with Crippen LogP contribution < -0.4 is 5.32 Å². The predicted molar refractivity (Wildman–Crippen MR) is 118 cm³/mol. The van der Waals surface area contributed by atoms with Gasteiger partial charge in [-0.25, -0.2) is 9.97 Å². The fourth-order valence-electron chi connectivity index (χ4n) is 3.54. The molecule has 1 N–H and O–H groups in total. The van der Waals surface area contributed by atoms with Crippen molar-refractivity contribution in [1.29, 1.82) is 0 Å². The highest BCUT2D eigenvalue weighted by Gasteiger charge is 2.28. The molecule has 0 unspecified atom stereocenters. The second kappa shape index (κ2) is 8.79. The Morgan fingerprint density at radius 1 is 1.28 bits per heavy atom. The van der Waals surface area contributed by atoms with E-state index in [-0.39, 0.29) is 11.9 Å². The average molecular weight is 447 g/mol. The third-order valence-electron chi connectivity index (χ3n) is 4.97. The molecule has 1 aliphatic heterocycles. The number of aryl methyl sites for hydroxylation is 1. The van der Waals surface area contributed by atoms with Crippen LogP contribution in [-0.2, 0) is 6.54 Å². The molecule has 4 rings (SSSR count). The zero-order chi connectivity index (χ0) is 20.4. The molecule has 5 nitrogen and oxygen atoms in total. The molecule has 2 aromatic heterocycles. The molecule has 1 amide bonds.